The van der Waals surface area contributed by atoms with Gasteiger partial charge in [0, 0.05) is 37.5 Å². The smallest absolute Gasteiger partial charge is 0.256 e. The number of fused-ring (bicyclic) bond motifs is 1. The Bertz CT molecular complexity index is 1080. The third-order valence-corrected chi connectivity index (χ3v) is 4.90. The van der Waals surface area contributed by atoms with E-state index in [9.17, 15) is 9.59 Å². The first-order valence-corrected chi connectivity index (χ1v) is 9.32. The number of nitrogens with one attached hydrogen (secondary N) is 1. The van der Waals surface area contributed by atoms with Crippen LogP contribution in [0, 0.1) is 0 Å². The number of amides is 1. The number of hydrogen-bond acceptors (Lipinski definition) is 7. The number of hydrogen-bond donors (Lipinski definition) is 1. The third-order valence-electron chi connectivity index (χ3n) is 4.90. The largest absolute Gasteiger partial charge is 0.480 e. The number of aromatic nitrogens is 5. The van der Waals surface area contributed by atoms with E-state index in [0.717, 1.165) is 12.8 Å². The molecule has 4 heterocycles. The van der Waals surface area contributed by atoms with Gasteiger partial charge in [-0.3, -0.25) is 14.2 Å². The summed E-state index contributed by atoms with van der Waals surface area (Å²) in [5.41, 5.74) is 1.35. The minimum atomic E-state index is -0.277. The molecule has 0 bridgehead atoms. The summed E-state index contributed by atoms with van der Waals surface area (Å²) >= 11 is 0. The van der Waals surface area contributed by atoms with Crippen molar-refractivity contribution in [1.82, 2.24) is 29.8 Å². The van der Waals surface area contributed by atoms with Crippen molar-refractivity contribution in [3.8, 4) is 17.3 Å². The fraction of sp³-hybridized carbons (Fsp3) is 0.300. The van der Waals surface area contributed by atoms with Crippen LogP contribution in [0.25, 0.3) is 11.4 Å². The second kappa shape index (κ2) is 8.17. The van der Waals surface area contributed by atoms with Gasteiger partial charge in [-0.05, 0) is 31.0 Å². The number of carbonyl (C=O) groups excluding carboxylic acids is 1. The van der Waals surface area contributed by atoms with Crippen molar-refractivity contribution in [1.29, 1.82) is 0 Å². The maximum Gasteiger partial charge on any atom is 0.256 e. The van der Waals surface area contributed by atoms with E-state index >= 15 is 0 Å². The summed E-state index contributed by atoms with van der Waals surface area (Å²) in [4.78, 5) is 42.0. The van der Waals surface area contributed by atoms with Crippen LogP contribution in [0.4, 0.5) is 0 Å². The zero-order valence-electron chi connectivity index (χ0n) is 15.9. The standard InChI is InChI=1S/C20H20N6O3/c1-29-20-14(5-2-7-22-20)19(28)23-11-13-4-3-9-26-17(27)10-16(25-18(13)26)15-6-8-21-12-24-15/h2,5-8,10,12-13H,3-4,9,11H2,1H3,(H,23,28). The van der Waals surface area contributed by atoms with Crippen molar-refractivity contribution in [2.24, 2.45) is 0 Å². The van der Waals surface area contributed by atoms with Gasteiger partial charge in [0.1, 0.15) is 17.7 Å². The summed E-state index contributed by atoms with van der Waals surface area (Å²) in [6, 6.07) is 6.55. The molecule has 9 nitrogen and oxygen atoms in total. The number of ether oxygens (including phenoxy) is 1. The average Bonchev–Trinajstić information content (AvgIpc) is 2.78. The monoisotopic (exact) mass is 392 g/mol. The van der Waals surface area contributed by atoms with Gasteiger partial charge in [-0.25, -0.2) is 19.9 Å². The summed E-state index contributed by atoms with van der Waals surface area (Å²) in [5, 5.41) is 2.92. The van der Waals surface area contributed by atoms with Gasteiger partial charge in [0.25, 0.3) is 11.5 Å². The molecule has 1 atom stereocenters. The first kappa shape index (κ1) is 18.7. The molecule has 1 amide bonds. The van der Waals surface area contributed by atoms with Gasteiger partial charge in [0.15, 0.2) is 0 Å². The topological polar surface area (TPSA) is 112 Å². The molecule has 29 heavy (non-hydrogen) atoms. The first-order valence-electron chi connectivity index (χ1n) is 9.32. The van der Waals surface area contributed by atoms with Crippen LogP contribution >= 0.6 is 0 Å². The SMILES string of the molecule is COc1ncccc1C(=O)NCC1CCCn2c1nc(-c1ccncn1)cc2=O. The van der Waals surface area contributed by atoms with Crippen molar-refractivity contribution in [2.75, 3.05) is 13.7 Å². The van der Waals surface area contributed by atoms with Crippen LogP contribution in [0.3, 0.4) is 0 Å². The predicted molar refractivity (Wildman–Crippen MR) is 105 cm³/mol. The predicted octanol–water partition coefficient (Wildman–Crippen LogP) is 1.41. The van der Waals surface area contributed by atoms with Crippen molar-refractivity contribution in [3.05, 3.63) is 64.7 Å². The maximum absolute atomic E-state index is 12.6. The van der Waals surface area contributed by atoms with Gasteiger partial charge in [0.2, 0.25) is 5.88 Å². The Hall–Kier alpha value is -3.62. The van der Waals surface area contributed by atoms with E-state index in [4.69, 9.17) is 9.72 Å². The summed E-state index contributed by atoms with van der Waals surface area (Å²) in [5.74, 6) is 0.580. The number of pyridine rings is 1. The summed E-state index contributed by atoms with van der Waals surface area (Å²) in [6.07, 6.45) is 6.27. The molecule has 1 unspecified atom stereocenters. The molecule has 0 saturated carbocycles. The Labute approximate surface area is 166 Å². The van der Waals surface area contributed by atoms with Crippen molar-refractivity contribution < 1.29 is 9.53 Å². The van der Waals surface area contributed by atoms with Crippen LogP contribution in [0.1, 0.15) is 34.9 Å². The fourth-order valence-corrected chi connectivity index (χ4v) is 3.49. The van der Waals surface area contributed by atoms with Gasteiger partial charge < -0.3 is 10.1 Å². The molecule has 1 aliphatic heterocycles. The molecule has 1 aliphatic rings. The number of methoxy groups -OCH3 is 1. The van der Waals surface area contributed by atoms with Gasteiger partial charge in [-0.2, -0.15) is 0 Å². The Morgan fingerprint density at radius 3 is 2.97 bits per heavy atom. The molecule has 0 radical (unpaired) electrons. The molecular weight excluding hydrogens is 372 g/mol. The van der Waals surface area contributed by atoms with E-state index < -0.39 is 0 Å². The third kappa shape index (κ3) is 3.84. The van der Waals surface area contributed by atoms with Crippen molar-refractivity contribution >= 4 is 5.91 Å². The second-order valence-corrected chi connectivity index (χ2v) is 6.69. The summed E-state index contributed by atoms with van der Waals surface area (Å²) in [7, 11) is 1.47. The Kier molecular flexibility index (Phi) is 5.28. The highest BCUT2D eigenvalue weighted by Crippen LogP contribution is 2.26. The molecule has 0 aromatic carbocycles. The normalized spacial score (nSPS) is 15.4. The van der Waals surface area contributed by atoms with Crippen LogP contribution in [0.15, 0.2) is 47.8 Å². The highest BCUT2D eigenvalue weighted by atomic mass is 16.5. The Morgan fingerprint density at radius 2 is 2.17 bits per heavy atom. The van der Waals surface area contributed by atoms with Crippen LogP contribution in [-0.4, -0.2) is 44.1 Å². The summed E-state index contributed by atoms with van der Waals surface area (Å²) in [6.45, 7) is 0.975. The Balaban J connectivity index is 1.59. The minimum absolute atomic E-state index is 0.0788. The molecule has 1 N–H and O–H groups in total. The van der Waals surface area contributed by atoms with Crippen LogP contribution in [0.2, 0.25) is 0 Å². The van der Waals surface area contributed by atoms with Gasteiger partial charge in [-0.1, -0.05) is 0 Å². The average molecular weight is 392 g/mol. The molecule has 0 fully saturated rings. The first-order chi connectivity index (χ1) is 14.2. The lowest BCUT2D eigenvalue weighted by Crippen LogP contribution is -2.36. The quantitative estimate of drug-likeness (QED) is 0.699. The van der Waals surface area contributed by atoms with E-state index in [1.165, 1.54) is 19.5 Å². The zero-order valence-corrected chi connectivity index (χ0v) is 15.9. The zero-order chi connectivity index (χ0) is 20.2. The Morgan fingerprint density at radius 1 is 1.28 bits per heavy atom. The number of rotatable bonds is 5. The number of carbonyl (C=O) groups is 1. The van der Waals surface area contributed by atoms with Crippen LogP contribution in [0.5, 0.6) is 5.88 Å². The minimum Gasteiger partial charge on any atom is -0.480 e. The molecule has 148 valence electrons. The van der Waals surface area contributed by atoms with E-state index in [1.807, 2.05) is 0 Å². The van der Waals surface area contributed by atoms with E-state index in [1.54, 1.807) is 35.2 Å². The molecule has 0 aliphatic carbocycles. The molecule has 9 heteroatoms. The van der Waals surface area contributed by atoms with E-state index in [0.29, 0.717) is 35.9 Å². The molecule has 4 rings (SSSR count). The highest BCUT2D eigenvalue weighted by molar-refractivity contribution is 5.96. The lowest BCUT2D eigenvalue weighted by molar-refractivity contribution is 0.0945. The van der Waals surface area contributed by atoms with Gasteiger partial charge >= 0.3 is 0 Å². The fourth-order valence-electron chi connectivity index (χ4n) is 3.49. The molecule has 0 saturated heterocycles. The second-order valence-electron chi connectivity index (χ2n) is 6.69. The lowest BCUT2D eigenvalue weighted by Gasteiger charge is -2.26. The van der Waals surface area contributed by atoms with Crippen LogP contribution < -0.4 is 15.6 Å². The van der Waals surface area contributed by atoms with E-state index in [-0.39, 0.29) is 23.3 Å². The van der Waals surface area contributed by atoms with Crippen LogP contribution in [-0.2, 0) is 6.54 Å². The molecule has 0 spiro atoms. The molecular formula is C20H20N6O3. The summed E-state index contributed by atoms with van der Waals surface area (Å²) < 4.78 is 6.83. The van der Waals surface area contributed by atoms with Gasteiger partial charge in [0.05, 0.1) is 18.5 Å². The number of nitrogens with zero attached hydrogens (tertiary/aromatic N) is 5. The molecule has 3 aromatic rings. The molecule has 3 aromatic heterocycles. The van der Waals surface area contributed by atoms with Crippen molar-refractivity contribution in [3.63, 3.8) is 0 Å². The lowest BCUT2D eigenvalue weighted by atomic mass is 9.97. The van der Waals surface area contributed by atoms with Crippen molar-refractivity contribution in [2.45, 2.75) is 25.3 Å². The maximum atomic E-state index is 12.6. The van der Waals surface area contributed by atoms with Gasteiger partial charge in [-0.15, -0.1) is 0 Å². The highest BCUT2D eigenvalue weighted by Gasteiger charge is 2.25. The van der Waals surface area contributed by atoms with E-state index in [2.05, 4.69) is 20.3 Å².